The van der Waals surface area contributed by atoms with Crippen LogP contribution in [0.3, 0.4) is 0 Å². The first-order valence-corrected chi connectivity index (χ1v) is 8.05. The second kappa shape index (κ2) is 6.10. The van der Waals surface area contributed by atoms with Crippen molar-refractivity contribution in [3.8, 4) is 22.8 Å². The third kappa shape index (κ3) is 2.89. The Morgan fingerprint density at radius 3 is 2.88 bits per heavy atom. The van der Waals surface area contributed by atoms with E-state index in [1.807, 2.05) is 24.3 Å². The van der Waals surface area contributed by atoms with Gasteiger partial charge in [0.1, 0.15) is 12.1 Å². The van der Waals surface area contributed by atoms with Gasteiger partial charge in [-0.3, -0.25) is 4.79 Å². The lowest BCUT2D eigenvalue weighted by atomic mass is 10.2. The van der Waals surface area contributed by atoms with Crippen molar-refractivity contribution < 1.29 is 14.4 Å². The number of hydrogen-bond acceptors (Lipinski definition) is 6. The highest BCUT2D eigenvalue weighted by atomic mass is 79.9. The number of carboxylic acids is 1. The van der Waals surface area contributed by atoms with Gasteiger partial charge in [-0.1, -0.05) is 22.5 Å². The van der Waals surface area contributed by atoms with Gasteiger partial charge in [0.15, 0.2) is 0 Å². The van der Waals surface area contributed by atoms with Crippen LogP contribution in [0.5, 0.6) is 0 Å². The predicted molar refractivity (Wildman–Crippen MR) is 91.6 cm³/mol. The molecule has 0 saturated carbocycles. The highest BCUT2D eigenvalue weighted by Gasteiger charge is 2.15. The lowest BCUT2D eigenvalue weighted by Crippen LogP contribution is -2.09. The third-order valence-electron chi connectivity index (χ3n) is 3.59. The van der Waals surface area contributed by atoms with Crippen LogP contribution in [0.4, 0.5) is 0 Å². The number of aromatic nitrogens is 5. The van der Waals surface area contributed by atoms with Gasteiger partial charge in [0, 0.05) is 10.0 Å². The van der Waals surface area contributed by atoms with E-state index in [0.717, 1.165) is 10.0 Å². The van der Waals surface area contributed by atoms with E-state index in [-0.39, 0.29) is 6.54 Å². The molecule has 4 rings (SSSR count). The number of rotatable bonds is 4. The summed E-state index contributed by atoms with van der Waals surface area (Å²) in [4.78, 5) is 15.3. The maximum absolute atomic E-state index is 10.8. The summed E-state index contributed by atoms with van der Waals surface area (Å²) in [5.41, 5.74) is 2.69. The minimum absolute atomic E-state index is 0.246. The Labute approximate surface area is 149 Å². The van der Waals surface area contributed by atoms with Crippen LogP contribution in [0.25, 0.3) is 33.9 Å². The molecule has 0 atom stereocenters. The zero-order valence-corrected chi connectivity index (χ0v) is 14.2. The molecule has 0 bridgehead atoms. The molecule has 0 fully saturated rings. The lowest BCUT2D eigenvalue weighted by molar-refractivity contribution is -0.137. The fourth-order valence-electron chi connectivity index (χ4n) is 2.44. The SMILES string of the molecule is O=C(O)Cn1nnc2cc(-c3noc(-c4ccccc4Br)n3)ccc21. The van der Waals surface area contributed by atoms with Gasteiger partial charge < -0.3 is 9.63 Å². The first-order chi connectivity index (χ1) is 12.1. The standard InChI is InChI=1S/C16H10BrN5O3/c17-11-4-2-1-3-10(11)16-18-15(20-25-16)9-5-6-13-12(7-9)19-21-22(13)8-14(23)24/h1-7H,8H2,(H,23,24). The fraction of sp³-hybridized carbons (Fsp3) is 0.0625. The first-order valence-electron chi connectivity index (χ1n) is 7.26. The van der Waals surface area contributed by atoms with Gasteiger partial charge in [0.25, 0.3) is 5.89 Å². The number of carboxylic acid groups (broad SMARTS) is 1. The molecule has 0 aliphatic rings. The number of nitrogens with zero attached hydrogens (tertiary/aromatic N) is 5. The smallest absolute Gasteiger partial charge is 0.325 e. The number of halogens is 1. The highest BCUT2D eigenvalue weighted by molar-refractivity contribution is 9.10. The lowest BCUT2D eigenvalue weighted by Gasteiger charge is -1.98. The monoisotopic (exact) mass is 399 g/mol. The Hall–Kier alpha value is -3.07. The van der Waals surface area contributed by atoms with E-state index in [2.05, 4.69) is 36.4 Å². The summed E-state index contributed by atoms with van der Waals surface area (Å²) in [6.45, 7) is -0.246. The molecule has 0 unspecified atom stereocenters. The van der Waals surface area contributed by atoms with E-state index in [4.69, 9.17) is 9.63 Å². The predicted octanol–water partition coefficient (Wildman–Crippen LogP) is 3.00. The summed E-state index contributed by atoms with van der Waals surface area (Å²) in [7, 11) is 0. The summed E-state index contributed by atoms with van der Waals surface area (Å²) in [5, 5.41) is 20.7. The van der Waals surface area contributed by atoms with E-state index in [1.165, 1.54) is 4.68 Å². The van der Waals surface area contributed by atoms with Crippen molar-refractivity contribution >= 4 is 32.9 Å². The molecular formula is C16H10BrN5O3. The summed E-state index contributed by atoms with van der Waals surface area (Å²) < 4.78 is 7.53. The highest BCUT2D eigenvalue weighted by Crippen LogP contribution is 2.29. The molecule has 0 radical (unpaired) electrons. The molecule has 4 aromatic rings. The zero-order chi connectivity index (χ0) is 17.4. The van der Waals surface area contributed by atoms with Gasteiger partial charge in [-0.2, -0.15) is 4.98 Å². The first kappa shape index (κ1) is 15.5. The van der Waals surface area contributed by atoms with Crippen LogP contribution < -0.4 is 0 Å². The molecule has 0 aliphatic heterocycles. The Bertz CT molecular complexity index is 1090. The minimum atomic E-state index is -0.980. The molecule has 2 heterocycles. The number of aliphatic carboxylic acids is 1. The molecule has 0 saturated heterocycles. The van der Waals surface area contributed by atoms with Crippen molar-refractivity contribution in [1.82, 2.24) is 25.1 Å². The average molecular weight is 400 g/mol. The summed E-state index contributed by atoms with van der Waals surface area (Å²) >= 11 is 3.46. The quantitative estimate of drug-likeness (QED) is 0.561. The van der Waals surface area contributed by atoms with Gasteiger partial charge in [-0.15, -0.1) is 5.10 Å². The van der Waals surface area contributed by atoms with E-state index in [9.17, 15) is 4.79 Å². The molecule has 0 spiro atoms. The van der Waals surface area contributed by atoms with Crippen molar-refractivity contribution in [2.24, 2.45) is 0 Å². The van der Waals surface area contributed by atoms with Crippen LogP contribution in [0.2, 0.25) is 0 Å². The van der Waals surface area contributed by atoms with Crippen LogP contribution in [0, 0.1) is 0 Å². The number of benzene rings is 2. The molecule has 8 nitrogen and oxygen atoms in total. The van der Waals surface area contributed by atoms with Crippen LogP contribution in [-0.2, 0) is 11.3 Å². The Morgan fingerprint density at radius 1 is 1.24 bits per heavy atom. The molecule has 1 N–H and O–H groups in total. The van der Waals surface area contributed by atoms with Gasteiger partial charge in [0.05, 0.1) is 11.1 Å². The second-order valence-electron chi connectivity index (χ2n) is 5.25. The van der Waals surface area contributed by atoms with Crippen LogP contribution in [0.1, 0.15) is 0 Å². The normalized spacial score (nSPS) is 11.1. The van der Waals surface area contributed by atoms with E-state index in [1.54, 1.807) is 18.2 Å². The molecule has 9 heteroatoms. The molecule has 25 heavy (non-hydrogen) atoms. The zero-order valence-electron chi connectivity index (χ0n) is 12.6. The van der Waals surface area contributed by atoms with Crippen LogP contribution in [0.15, 0.2) is 51.5 Å². The van der Waals surface area contributed by atoms with Crippen molar-refractivity contribution in [2.45, 2.75) is 6.54 Å². The molecule has 124 valence electrons. The average Bonchev–Trinajstić information content (AvgIpc) is 3.22. The summed E-state index contributed by atoms with van der Waals surface area (Å²) in [6, 6.07) is 12.8. The number of carbonyl (C=O) groups is 1. The number of fused-ring (bicyclic) bond motifs is 1. The third-order valence-corrected chi connectivity index (χ3v) is 4.28. The van der Waals surface area contributed by atoms with E-state index >= 15 is 0 Å². The van der Waals surface area contributed by atoms with Gasteiger partial charge >= 0.3 is 5.97 Å². The Balaban J connectivity index is 1.71. The molecule has 0 aliphatic carbocycles. The van der Waals surface area contributed by atoms with E-state index < -0.39 is 5.97 Å². The molecule has 2 aromatic carbocycles. The summed E-state index contributed by atoms with van der Waals surface area (Å²) in [6.07, 6.45) is 0. The van der Waals surface area contributed by atoms with Gasteiger partial charge in [-0.05, 0) is 46.3 Å². The maximum Gasteiger partial charge on any atom is 0.325 e. The topological polar surface area (TPSA) is 107 Å². The molecule has 0 amide bonds. The Morgan fingerprint density at radius 2 is 2.08 bits per heavy atom. The molecular weight excluding hydrogens is 390 g/mol. The van der Waals surface area contributed by atoms with Crippen LogP contribution in [-0.4, -0.2) is 36.2 Å². The largest absolute Gasteiger partial charge is 0.480 e. The maximum atomic E-state index is 10.8. The van der Waals surface area contributed by atoms with Crippen molar-refractivity contribution in [3.63, 3.8) is 0 Å². The second-order valence-corrected chi connectivity index (χ2v) is 6.10. The Kier molecular flexibility index (Phi) is 3.77. The van der Waals surface area contributed by atoms with Gasteiger partial charge in [0.2, 0.25) is 5.82 Å². The summed E-state index contributed by atoms with van der Waals surface area (Å²) in [5.74, 6) is -0.162. The fourth-order valence-corrected chi connectivity index (χ4v) is 2.90. The van der Waals surface area contributed by atoms with Crippen molar-refractivity contribution in [1.29, 1.82) is 0 Å². The molecule has 2 aromatic heterocycles. The number of hydrogen-bond donors (Lipinski definition) is 1. The van der Waals surface area contributed by atoms with Crippen molar-refractivity contribution in [2.75, 3.05) is 0 Å². The van der Waals surface area contributed by atoms with Crippen LogP contribution >= 0.6 is 15.9 Å². The van der Waals surface area contributed by atoms with Crippen molar-refractivity contribution in [3.05, 3.63) is 46.9 Å². The minimum Gasteiger partial charge on any atom is -0.480 e. The van der Waals surface area contributed by atoms with Gasteiger partial charge in [-0.25, -0.2) is 4.68 Å². The van der Waals surface area contributed by atoms with E-state index in [0.29, 0.717) is 28.3 Å².